The Labute approximate surface area is 173 Å². The Hall–Kier alpha value is -2.41. The zero-order valence-electron chi connectivity index (χ0n) is 16.0. The molecule has 1 aliphatic rings. The summed E-state index contributed by atoms with van der Waals surface area (Å²) in [5, 5.41) is 6.03. The highest BCUT2D eigenvalue weighted by Gasteiger charge is 2.25. The number of halogens is 1. The Morgan fingerprint density at radius 3 is 2.79 bits per heavy atom. The van der Waals surface area contributed by atoms with Crippen molar-refractivity contribution in [3.8, 4) is 0 Å². The quantitative estimate of drug-likeness (QED) is 0.706. The molecule has 1 atom stereocenters. The Morgan fingerprint density at radius 1 is 1.25 bits per heavy atom. The summed E-state index contributed by atoms with van der Waals surface area (Å²) < 4.78 is 0.956. The summed E-state index contributed by atoms with van der Waals surface area (Å²) in [6.45, 7) is 3.47. The molecule has 1 unspecified atom stereocenters. The van der Waals surface area contributed by atoms with Crippen molar-refractivity contribution in [1.29, 1.82) is 0 Å². The molecule has 0 spiro atoms. The standard InChI is InChI=1S/C21H25BrN4O2/c1-2-5-19(27)24-17-6-4-13-26(14-17)20-18(7-3-12-23-20)21(28)25-16-10-8-15(22)9-11-16/h3,7-12,17H,2,4-6,13-14H2,1H3,(H,24,27)(H,25,28). The predicted octanol–water partition coefficient (Wildman–Crippen LogP) is 3.98. The third kappa shape index (κ3) is 5.32. The van der Waals surface area contributed by atoms with Gasteiger partial charge < -0.3 is 15.5 Å². The number of benzene rings is 1. The first-order chi connectivity index (χ1) is 13.6. The first-order valence-electron chi connectivity index (χ1n) is 9.63. The van der Waals surface area contributed by atoms with Gasteiger partial charge in [-0.2, -0.15) is 0 Å². The summed E-state index contributed by atoms with van der Waals surface area (Å²) in [5.74, 6) is 0.553. The van der Waals surface area contributed by atoms with Gasteiger partial charge in [0.05, 0.1) is 5.56 Å². The molecule has 148 valence electrons. The number of pyridine rings is 1. The van der Waals surface area contributed by atoms with Crippen molar-refractivity contribution >= 4 is 39.2 Å². The molecule has 2 aromatic rings. The van der Waals surface area contributed by atoms with Gasteiger partial charge in [-0.05, 0) is 55.7 Å². The average molecular weight is 445 g/mol. The summed E-state index contributed by atoms with van der Waals surface area (Å²) in [5.41, 5.74) is 1.26. The molecule has 1 aromatic carbocycles. The fraction of sp³-hybridized carbons (Fsp3) is 0.381. The SMILES string of the molecule is CCCC(=O)NC1CCCN(c2ncccc2C(=O)Nc2ccc(Br)cc2)C1. The van der Waals surface area contributed by atoms with Crippen molar-refractivity contribution in [2.75, 3.05) is 23.3 Å². The van der Waals surface area contributed by atoms with E-state index in [1.54, 1.807) is 18.3 Å². The Balaban J connectivity index is 1.72. The van der Waals surface area contributed by atoms with Crippen molar-refractivity contribution in [2.45, 2.75) is 38.6 Å². The molecule has 2 N–H and O–H groups in total. The van der Waals surface area contributed by atoms with Crippen LogP contribution in [-0.2, 0) is 4.79 Å². The second-order valence-electron chi connectivity index (χ2n) is 6.94. The van der Waals surface area contributed by atoms with Gasteiger partial charge in [0.15, 0.2) is 0 Å². The second-order valence-corrected chi connectivity index (χ2v) is 7.85. The lowest BCUT2D eigenvalue weighted by atomic mass is 10.0. The molecule has 1 saturated heterocycles. The second kappa shape index (κ2) is 9.68. The van der Waals surface area contributed by atoms with Crippen LogP contribution in [0.5, 0.6) is 0 Å². The number of nitrogens with one attached hydrogen (secondary N) is 2. The molecule has 3 rings (SSSR count). The Morgan fingerprint density at radius 2 is 2.04 bits per heavy atom. The van der Waals surface area contributed by atoms with Gasteiger partial charge in [0.25, 0.3) is 5.91 Å². The molecule has 0 aliphatic carbocycles. The molecule has 6 nitrogen and oxygen atoms in total. The molecule has 28 heavy (non-hydrogen) atoms. The predicted molar refractivity (Wildman–Crippen MR) is 115 cm³/mol. The molecule has 0 radical (unpaired) electrons. The van der Waals surface area contributed by atoms with Crippen LogP contribution in [0.25, 0.3) is 0 Å². The Kier molecular flexibility index (Phi) is 7.03. The minimum Gasteiger partial charge on any atom is -0.354 e. The van der Waals surface area contributed by atoms with Crippen molar-refractivity contribution in [3.63, 3.8) is 0 Å². The van der Waals surface area contributed by atoms with E-state index in [1.807, 2.05) is 31.2 Å². The number of amides is 2. The third-order valence-electron chi connectivity index (χ3n) is 4.70. The fourth-order valence-electron chi connectivity index (χ4n) is 3.37. The fourth-order valence-corrected chi connectivity index (χ4v) is 3.64. The number of anilines is 2. The van der Waals surface area contributed by atoms with E-state index in [2.05, 4.69) is 36.4 Å². The first kappa shape index (κ1) is 20.3. The number of rotatable bonds is 6. The van der Waals surface area contributed by atoms with E-state index in [-0.39, 0.29) is 17.9 Å². The number of hydrogen-bond donors (Lipinski definition) is 2. The molecule has 1 fully saturated rings. The summed E-state index contributed by atoms with van der Waals surface area (Å²) in [6, 6.07) is 11.1. The lowest BCUT2D eigenvalue weighted by molar-refractivity contribution is -0.121. The maximum absolute atomic E-state index is 12.8. The zero-order chi connectivity index (χ0) is 19.9. The first-order valence-corrected chi connectivity index (χ1v) is 10.4. The van der Waals surface area contributed by atoms with Gasteiger partial charge in [-0.15, -0.1) is 0 Å². The largest absolute Gasteiger partial charge is 0.354 e. The summed E-state index contributed by atoms with van der Waals surface area (Å²) in [6.07, 6.45) is 4.97. The van der Waals surface area contributed by atoms with Crippen LogP contribution in [0.4, 0.5) is 11.5 Å². The van der Waals surface area contributed by atoms with E-state index in [1.165, 1.54) is 0 Å². The average Bonchev–Trinajstić information content (AvgIpc) is 2.70. The van der Waals surface area contributed by atoms with E-state index >= 15 is 0 Å². The summed E-state index contributed by atoms with van der Waals surface area (Å²) >= 11 is 3.39. The molecule has 1 aliphatic heterocycles. The number of carbonyl (C=O) groups is 2. The summed E-state index contributed by atoms with van der Waals surface area (Å²) in [7, 11) is 0. The maximum atomic E-state index is 12.8. The third-order valence-corrected chi connectivity index (χ3v) is 5.23. The summed E-state index contributed by atoms with van der Waals surface area (Å²) in [4.78, 5) is 31.4. The number of aromatic nitrogens is 1. The van der Waals surface area contributed by atoms with Crippen LogP contribution in [0, 0.1) is 0 Å². The van der Waals surface area contributed by atoms with Crippen LogP contribution < -0.4 is 15.5 Å². The van der Waals surface area contributed by atoms with Gasteiger partial charge in [0.1, 0.15) is 5.82 Å². The number of piperidine rings is 1. The molecular weight excluding hydrogens is 420 g/mol. The number of hydrogen-bond acceptors (Lipinski definition) is 4. The molecule has 1 aromatic heterocycles. The van der Waals surface area contributed by atoms with Gasteiger partial charge >= 0.3 is 0 Å². The molecule has 2 heterocycles. The molecular formula is C21H25BrN4O2. The number of carbonyl (C=O) groups excluding carboxylic acids is 2. The zero-order valence-corrected chi connectivity index (χ0v) is 17.5. The molecule has 2 amide bonds. The van der Waals surface area contributed by atoms with Gasteiger partial charge in [0.2, 0.25) is 5.91 Å². The van der Waals surface area contributed by atoms with Crippen LogP contribution in [0.3, 0.4) is 0 Å². The van der Waals surface area contributed by atoms with Gasteiger partial charge in [-0.25, -0.2) is 4.98 Å². The topological polar surface area (TPSA) is 74.3 Å². The normalized spacial score (nSPS) is 16.5. The highest BCUT2D eigenvalue weighted by Crippen LogP contribution is 2.23. The smallest absolute Gasteiger partial charge is 0.259 e. The van der Waals surface area contributed by atoms with Crippen LogP contribution >= 0.6 is 15.9 Å². The van der Waals surface area contributed by atoms with Crippen molar-refractivity contribution < 1.29 is 9.59 Å². The maximum Gasteiger partial charge on any atom is 0.259 e. The van der Waals surface area contributed by atoms with Crippen LogP contribution in [0.1, 0.15) is 43.0 Å². The van der Waals surface area contributed by atoms with E-state index in [9.17, 15) is 9.59 Å². The number of nitrogens with zero attached hydrogens (tertiary/aromatic N) is 2. The van der Waals surface area contributed by atoms with E-state index in [4.69, 9.17) is 0 Å². The highest BCUT2D eigenvalue weighted by molar-refractivity contribution is 9.10. The van der Waals surface area contributed by atoms with Crippen LogP contribution in [0.2, 0.25) is 0 Å². The Bertz CT molecular complexity index is 825. The highest BCUT2D eigenvalue weighted by atomic mass is 79.9. The van der Waals surface area contributed by atoms with Gasteiger partial charge in [-0.1, -0.05) is 22.9 Å². The van der Waals surface area contributed by atoms with Crippen molar-refractivity contribution in [2.24, 2.45) is 0 Å². The van der Waals surface area contributed by atoms with E-state index in [0.29, 0.717) is 24.3 Å². The van der Waals surface area contributed by atoms with E-state index in [0.717, 1.165) is 36.0 Å². The van der Waals surface area contributed by atoms with Crippen molar-refractivity contribution in [1.82, 2.24) is 10.3 Å². The molecule has 0 bridgehead atoms. The van der Waals surface area contributed by atoms with E-state index < -0.39 is 0 Å². The minimum absolute atomic E-state index is 0.0807. The lowest BCUT2D eigenvalue weighted by Gasteiger charge is -2.34. The molecule has 0 saturated carbocycles. The van der Waals surface area contributed by atoms with Crippen LogP contribution in [0.15, 0.2) is 47.1 Å². The van der Waals surface area contributed by atoms with Crippen molar-refractivity contribution in [3.05, 3.63) is 52.6 Å². The lowest BCUT2D eigenvalue weighted by Crippen LogP contribution is -2.48. The van der Waals surface area contributed by atoms with Gasteiger partial charge in [0, 0.05) is 41.9 Å². The van der Waals surface area contributed by atoms with Gasteiger partial charge in [-0.3, -0.25) is 9.59 Å². The minimum atomic E-state index is -0.192. The van der Waals surface area contributed by atoms with Crippen LogP contribution in [-0.4, -0.2) is 35.9 Å². The monoisotopic (exact) mass is 444 g/mol. The molecule has 7 heteroatoms.